The van der Waals surface area contributed by atoms with E-state index in [4.69, 9.17) is 15.0 Å². The lowest BCUT2D eigenvalue weighted by molar-refractivity contribution is 0.199. The number of anilines is 1. The predicted molar refractivity (Wildman–Crippen MR) is 59.7 cm³/mol. The zero-order chi connectivity index (χ0) is 12.3. The SMILES string of the molecule is COCCc1noc(-c2cc(F)ccc2N)n1. The van der Waals surface area contributed by atoms with Crippen LogP contribution in [0.15, 0.2) is 22.7 Å². The number of hydrogen-bond acceptors (Lipinski definition) is 5. The van der Waals surface area contributed by atoms with E-state index in [1.165, 1.54) is 18.2 Å². The number of halogens is 1. The van der Waals surface area contributed by atoms with E-state index >= 15 is 0 Å². The van der Waals surface area contributed by atoms with E-state index in [1.807, 2.05) is 0 Å². The van der Waals surface area contributed by atoms with Crippen LogP contribution in [0.25, 0.3) is 11.5 Å². The number of aromatic nitrogens is 2. The molecule has 0 saturated carbocycles. The molecule has 1 aromatic carbocycles. The molecule has 0 aliphatic rings. The Labute approximate surface area is 97.4 Å². The lowest BCUT2D eigenvalue weighted by Gasteiger charge is -1.99. The van der Waals surface area contributed by atoms with Gasteiger partial charge in [0, 0.05) is 19.2 Å². The molecule has 0 spiro atoms. The molecule has 0 aliphatic heterocycles. The van der Waals surface area contributed by atoms with Gasteiger partial charge in [0.1, 0.15) is 5.82 Å². The Hall–Kier alpha value is -1.95. The molecule has 0 saturated heterocycles. The van der Waals surface area contributed by atoms with Crippen LogP contribution in [0.1, 0.15) is 5.82 Å². The van der Waals surface area contributed by atoms with Gasteiger partial charge < -0.3 is 15.0 Å². The molecule has 0 fully saturated rings. The standard InChI is InChI=1S/C11H12FN3O2/c1-16-5-4-10-14-11(17-15-10)8-6-7(12)2-3-9(8)13/h2-3,6H,4-5,13H2,1H3. The van der Waals surface area contributed by atoms with Crippen molar-refractivity contribution in [2.24, 2.45) is 0 Å². The van der Waals surface area contributed by atoms with Crippen LogP contribution in [0.5, 0.6) is 0 Å². The second-order valence-electron chi connectivity index (χ2n) is 3.49. The molecule has 0 atom stereocenters. The van der Waals surface area contributed by atoms with Gasteiger partial charge in [-0.05, 0) is 18.2 Å². The van der Waals surface area contributed by atoms with E-state index in [2.05, 4.69) is 10.1 Å². The number of nitrogen functional groups attached to an aromatic ring is 1. The third-order valence-corrected chi connectivity index (χ3v) is 2.24. The van der Waals surface area contributed by atoms with Gasteiger partial charge in [-0.2, -0.15) is 4.98 Å². The quantitative estimate of drug-likeness (QED) is 0.818. The van der Waals surface area contributed by atoms with E-state index in [9.17, 15) is 4.39 Å². The number of rotatable bonds is 4. The van der Waals surface area contributed by atoms with Crippen LogP contribution in [0.3, 0.4) is 0 Å². The minimum Gasteiger partial charge on any atom is -0.398 e. The fourth-order valence-corrected chi connectivity index (χ4v) is 1.37. The minimum absolute atomic E-state index is 0.216. The van der Waals surface area contributed by atoms with Crippen LogP contribution >= 0.6 is 0 Å². The smallest absolute Gasteiger partial charge is 0.260 e. The molecule has 2 rings (SSSR count). The molecule has 0 radical (unpaired) electrons. The van der Waals surface area contributed by atoms with Gasteiger partial charge in [0.2, 0.25) is 0 Å². The molecule has 0 amide bonds. The third kappa shape index (κ3) is 2.59. The second kappa shape index (κ2) is 4.92. The highest BCUT2D eigenvalue weighted by Crippen LogP contribution is 2.24. The summed E-state index contributed by atoms with van der Waals surface area (Å²) < 4.78 is 23.0. The summed E-state index contributed by atoms with van der Waals surface area (Å²) in [5, 5.41) is 3.76. The lowest BCUT2D eigenvalue weighted by atomic mass is 10.2. The van der Waals surface area contributed by atoms with Gasteiger partial charge in [0.25, 0.3) is 5.89 Å². The molecule has 0 aliphatic carbocycles. The van der Waals surface area contributed by atoms with Gasteiger partial charge in [0.15, 0.2) is 5.82 Å². The molecular formula is C11H12FN3O2. The van der Waals surface area contributed by atoms with Crippen molar-refractivity contribution in [3.63, 3.8) is 0 Å². The van der Waals surface area contributed by atoms with E-state index in [-0.39, 0.29) is 5.89 Å². The van der Waals surface area contributed by atoms with Crippen LogP contribution < -0.4 is 5.73 Å². The molecule has 1 heterocycles. The predicted octanol–water partition coefficient (Wildman–Crippen LogP) is 1.65. The molecule has 6 heteroatoms. The summed E-state index contributed by atoms with van der Waals surface area (Å²) >= 11 is 0. The maximum atomic E-state index is 13.1. The molecule has 5 nitrogen and oxygen atoms in total. The highest BCUT2D eigenvalue weighted by molar-refractivity contribution is 5.70. The van der Waals surface area contributed by atoms with E-state index in [0.29, 0.717) is 30.1 Å². The highest BCUT2D eigenvalue weighted by Gasteiger charge is 2.12. The van der Waals surface area contributed by atoms with E-state index < -0.39 is 5.82 Å². The molecule has 17 heavy (non-hydrogen) atoms. The van der Waals surface area contributed by atoms with Crippen molar-refractivity contribution in [2.75, 3.05) is 19.5 Å². The van der Waals surface area contributed by atoms with Crippen LogP contribution in [0.4, 0.5) is 10.1 Å². The van der Waals surface area contributed by atoms with Crippen molar-refractivity contribution < 1.29 is 13.7 Å². The molecule has 1 aromatic heterocycles. The highest BCUT2D eigenvalue weighted by atomic mass is 19.1. The van der Waals surface area contributed by atoms with Gasteiger partial charge in [0.05, 0.1) is 12.2 Å². The summed E-state index contributed by atoms with van der Waals surface area (Å²) in [6, 6.07) is 4.01. The Morgan fingerprint density at radius 2 is 2.29 bits per heavy atom. The monoisotopic (exact) mass is 237 g/mol. The van der Waals surface area contributed by atoms with Crippen molar-refractivity contribution >= 4 is 5.69 Å². The van der Waals surface area contributed by atoms with Crippen LogP contribution in [-0.2, 0) is 11.2 Å². The Morgan fingerprint density at radius 1 is 1.47 bits per heavy atom. The van der Waals surface area contributed by atoms with Gasteiger partial charge in [-0.1, -0.05) is 5.16 Å². The van der Waals surface area contributed by atoms with Crippen LogP contribution in [-0.4, -0.2) is 23.9 Å². The Bertz CT molecular complexity index is 513. The summed E-state index contributed by atoms with van der Waals surface area (Å²) in [7, 11) is 1.59. The average molecular weight is 237 g/mol. The van der Waals surface area contributed by atoms with Crippen LogP contribution in [0, 0.1) is 5.82 Å². The Kier molecular flexibility index (Phi) is 3.34. The van der Waals surface area contributed by atoms with Crippen LogP contribution in [0.2, 0.25) is 0 Å². The summed E-state index contributed by atoms with van der Waals surface area (Å²) in [4.78, 5) is 4.12. The fraction of sp³-hybridized carbons (Fsp3) is 0.273. The molecule has 0 bridgehead atoms. The third-order valence-electron chi connectivity index (χ3n) is 2.24. The number of nitrogens with zero attached hydrogens (tertiary/aromatic N) is 2. The maximum Gasteiger partial charge on any atom is 0.260 e. The summed E-state index contributed by atoms with van der Waals surface area (Å²) in [5.41, 5.74) is 6.51. The first-order valence-electron chi connectivity index (χ1n) is 5.07. The lowest BCUT2D eigenvalue weighted by Crippen LogP contribution is -1.96. The van der Waals surface area contributed by atoms with Crippen molar-refractivity contribution in [2.45, 2.75) is 6.42 Å². The largest absolute Gasteiger partial charge is 0.398 e. The molecular weight excluding hydrogens is 225 g/mol. The van der Waals surface area contributed by atoms with Crippen molar-refractivity contribution in [3.8, 4) is 11.5 Å². The van der Waals surface area contributed by atoms with Gasteiger partial charge in [-0.25, -0.2) is 4.39 Å². The topological polar surface area (TPSA) is 74.2 Å². The Morgan fingerprint density at radius 3 is 3.06 bits per heavy atom. The second-order valence-corrected chi connectivity index (χ2v) is 3.49. The van der Waals surface area contributed by atoms with Gasteiger partial charge >= 0.3 is 0 Å². The average Bonchev–Trinajstić information content (AvgIpc) is 2.78. The summed E-state index contributed by atoms with van der Waals surface area (Å²) in [6.07, 6.45) is 0.537. The molecule has 90 valence electrons. The molecule has 2 N–H and O–H groups in total. The normalized spacial score (nSPS) is 10.7. The van der Waals surface area contributed by atoms with Crippen molar-refractivity contribution in [3.05, 3.63) is 29.8 Å². The number of nitrogens with two attached hydrogens (primary N) is 1. The fourth-order valence-electron chi connectivity index (χ4n) is 1.37. The van der Waals surface area contributed by atoms with Gasteiger partial charge in [-0.15, -0.1) is 0 Å². The summed E-state index contributed by atoms with van der Waals surface area (Å²) in [6.45, 7) is 0.498. The minimum atomic E-state index is -0.397. The molecule has 2 aromatic rings. The number of methoxy groups -OCH3 is 1. The van der Waals surface area contributed by atoms with E-state index in [1.54, 1.807) is 7.11 Å². The molecule has 0 unspecified atom stereocenters. The first kappa shape index (κ1) is 11.5. The summed E-state index contributed by atoms with van der Waals surface area (Å²) in [5.74, 6) is 0.324. The van der Waals surface area contributed by atoms with Gasteiger partial charge in [-0.3, -0.25) is 0 Å². The van der Waals surface area contributed by atoms with Crippen molar-refractivity contribution in [1.82, 2.24) is 10.1 Å². The maximum absolute atomic E-state index is 13.1. The number of ether oxygens (including phenoxy) is 1. The number of hydrogen-bond donors (Lipinski definition) is 1. The number of benzene rings is 1. The Balaban J connectivity index is 2.27. The zero-order valence-corrected chi connectivity index (χ0v) is 9.31. The van der Waals surface area contributed by atoms with E-state index in [0.717, 1.165) is 0 Å². The first-order valence-corrected chi connectivity index (χ1v) is 5.07. The first-order chi connectivity index (χ1) is 8.20. The zero-order valence-electron chi connectivity index (χ0n) is 9.31. The van der Waals surface area contributed by atoms with Crippen molar-refractivity contribution in [1.29, 1.82) is 0 Å².